The first-order valence-corrected chi connectivity index (χ1v) is 7.25. The first-order valence-electron chi connectivity index (χ1n) is 7.25. The highest BCUT2D eigenvalue weighted by molar-refractivity contribution is 5.68. The molecule has 0 aliphatic heterocycles. The van der Waals surface area contributed by atoms with Crippen molar-refractivity contribution in [2.24, 2.45) is 0 Å². The molecule has 4 nitrogen and oxygen atoms in total. The van der Waals surface area contributed by atoms with Crippen molar-refractivity contribution < 1.29 is 14.6 Å². The second-order valence-corrected chi connectivity index (χ2v) is 5.04. The summed E-state index contributed by atoms with van der Waals surface area (Å²) in [5, 5.41) is 12.1. The molecule has 0 aliphatic rings. The molecule has 0 heterocycles. The molecule has 20 heavy (non-hydrogen) atoms. The number of nitrogens with one attached hydrogen (secondary N) is 1. The van der Waals surface area contributed by atoms with Crippen LogP contribution in [0, 0.1) is 0 Å². The third-order valence-electron chi connectivity index (χ3n) is 3.58. The molecule has 0 saturated heterocycles. The van der Waals surface area contributed by atoms with E-state index in [2.05, 4.69) is 12.2 Å². The van der Waals surface area contributed by atoms with Gasteiger partial charge in [-0.15, -0.1) is 0 Å². The van der Waals surface area contributed by atoms with Crippen LogP contribution in [0.1, 0.15) is 45.1 Å². The van der Waals surface area contributed by atoms with Crippen molar-refractivity contribution in [2.75, 3.05) is 6.61 Å². The minimum Gasteiger partial charge on any atom is -0.445 e. The second-order valence-electron chi connectivity index (χ2n) is 5.04. The lowest BCUT2D eigenvalue weighted by Gasteiger charge is -2.32. The lowest BCUT2D eigenvalue weighted by Crippen LogP contribution is -2.48. The van der Waals surface area contributed by atoms with Crippen molar-refractivity contribution in [3.8, 4) is 0 Å². The fourth-order valence-electron chi connectivity index (χ4n) is 2.36. The molecule has 0 unspecified atom stereocenters. The topological polar surface area (TPSA) is 58.6 Å². The predicted octanol–water partition coefficient (Wildman–Crippen LogP) is 3.24. The lowest BCUT2D eigenvalue weighted by molar-refractivity contribution is 0.115. The fourth-order valence-corrected chi connectivity index (χ4v) is 2.36. The van der Waals surface area contributed by atoms with E-state index in [9.17, 15) is 9.90 Å². The Bertz CT molecular complexity index is 386. The van der Waals surface area contributed by atoms with Crippen LogP contribution in [0.15, 0.2) is 30.3 Å². The smallest absolute Gasteiger partial charge is 0.407 e. The maximum Gasteiger partial charge on any atom is 0.407 e. The summed E-state index contributed by atoms with van der Waals surface area (Å²) in [6, 6.07) is 9.58. The van der Waals surface area contributed by atoms with E-state index in [0.717, 1.165) is 24.8 Å². The monoisotopic (exact) mass is 279 g/mol. The average Bonchev–Trinajstić information content (AvgIpc) is 2.46. The molecule has 4 heteroatoms. The van der Waals surface area contributed by atoms with Gasteiger partial charge in [0.05, 0.1) is 0 Å². The quantitative estimate of drug-likeness (QED) is 0.768. The molecular formula is C16H25NO3. The zero-order chi connectivity index (χ0) is 14.8. The molecule has 0 spiro atoms. The molecule has 1 amide bonds. The maximum absolute atomic E-state index is 11.9. The van der Waals surface area contributed by atoms with Gasteiger partial charge in [-0.2, -0.15) is 0 Å². The van der Waals surface area contributed by atoms with Crippen molar-refractivity contribution in [3.63, 3.8) is 0 Å². The SMILES string of the molecule is CCC[C@@](CC)(CCO)NC(=O)OCc1ccccc1. The van der Waals surface area contributed by atoms with E-state index in [-0.39, 0.29) is 18.8 Å². The Hall–Kier alpha value is -1.55. The third kappa shape index (κ3) is 5.21. The average molecular weight is 279 g/mol. The first kappa shape index (κ1) is 16.5. The van der Waals surface area contributed by atoms with Crippen molar-refractivity contribution in [3.05, 3.63) is 35.9 Å². The Morgan fingerprint density at radius 2 is 1.95 bits per heavy atom. The maximum atomic E-state index is 11.9. The normalized spacial score (nSPS) is 13.6. The predicted molar refractivity (Wildman–Crippen MR) is 79.4 cm³/mol. The number of carbonyl (C=O) groups is 1. The van der Waals surface area contributed by atoms with Gasteiger partial charge in [0.15, 0.2) is 0 Å². The number of carbonyl (C=O) groups excluding carboxylic acids is 1. The van der Waals surface area contributed by atoms with Crippen molar-refractivity contribution in [2.45, 2.75) is 51.7 Å². The molecule has 0 aromatic heterocycles. The van der Waals surface area contributed by atoms with Gasteiger partial charge in [-0.05, 0) is 24.8 Å². The number of hydrogen-bond donors (Lipinski definition) is 2. The number of alkyl carbamates (subject to hydrolysis) is 1. The number of hydrogen-bond acceptors (Lipinski definition) is 3. The van der Waals surface area contributed by atoms with Gasteiger partial charge >= 0.3 is 6.09 Å². The molecule has 0 radical (unpaired) electrons. The van der Waals surface area contributed by atoms with Crippen LogP contribution in [0.5, 0.6) is 0 Å². The molecule has 1 atom stereocenters. The summed E-state index contributed by atoms with van der Waals surface area (Å²) in [5.41, 5.74) is 0.597. The Kier molecular flexibility index (Phi) is 7.09. The minimum atomic E-state index is -0.419. The van der Waals surface area contributed by atoms with E-state index in [0.29, 0.717) is 6.42 Å². The summed E-state index contributed by atoms with van der Waals surface area (Å²) in [6.45, 7) is 4.41. The molecule has 0 fully saturated rings. The Labute approximate surface area is 121 Å². The van der Waals surface area contributed by atoms with Crippen molar-refractivity contribution in [1.82, 2.24) is 5.32 Å². The standard InChI is InChI=1S/C16H25NO3/c1-3-10-16(4-2,11-12-18)17-15(19)20-13-14-8-6-5-7-9-14/h5-9,18H,3-4,10-13H2,1-2H3,(H,17,19)/t16-/m0/s1. The van der Waals surface area contributed by atoms with E-state index in [4.69, 9.17) is 4.74 Å². The van der Waals surface area contributed by atoms with Gasteiger partial charge in [0.1, 0.15) is 6.61 Å². The van der Waals surface area contributed by atoms with Crippen LogP contribution < -0.4 is 5.32 Å². The lowest BCUT2D eigenvalue weighted by atomic mass is 9.87. The zero-order valence-electron chi connectivity index (χ0n) is 12.4. The highest BCUT2D eigenvalue weighted by Gasteiger charge is 2.29. The third-order valence-corrected chi connectivity index (χ3v) is 3.58. The number of rotatable bonds is 8. The van der Waals surface area contributed by atoms with Gasteiger partial charge in [-0.3, -0.25) is 0 Å². The molecule has 0 saturated carbocycles. The van der Waals surface area contributed by atoms with Crippen molar-refractivity contribution >= 4 is 6.09 Å². The van der Waals surface area contributed by atoms with Gasteiger partial charge in [0.25, 0.3) is 0 Å². The van der Waals surface area contributed by atoms with Gasteiger partial charge in [-0.25, -0.2) is 4.79 Å². The van der Waals surface area contributed by atoms with Crippen LogP contribution in [0.3, 0.4) is 0 Å². The Balaban J connectivity index is 2.53. The van der Waals surface area contributed by atoms with E-state index in [1.807, 2.05) is 37.3 Å². The molecule has 1 aromatic carbocycles. The first-order chi connectivity index (χ1) is 9.65. The van der Waals surface area contributed by atoms with Crippen LogP contribution in [-0.4, -0.2) is 23.3 Å². The van der Waals surface area contributed by atoms with Crippen LogP contribution in [0.4, 0.5) is 4.79 Å². The highest BCUT2D eigenvalue weighted by atomic mass is 16.5. The number of aliphatic hydroxyl groups excluding tert-OH is 1. The number of ether oxygens (including phenoxy) is 1. The van der Waals surface area contributed by atoms with Crippen LogP contribution in [-0.2, 0) is 11.3 Å². The second kappa shape index (κ2) is 8.59. The molecular weight excluding hydrogens is 254 g/mol. The van der Waals surface area contributed by atoms with Crippen LogP contribution >= 0.6 is 0 Å². The summed E-state index contributed by atoms with van der Waals surface area (Å²) in [7, 11) is 0. The summed E-state index contributed by atoms with van der Waals surface area (Å²) in [4.78, 5) is 11.9. The summed E-state index contributed by atoms with van der Waals surface area (Å²) < 4.78 is 5.25. The number of amides is 1. The van der Waals surface area contributed by atoms with E-state index in [1.165, 1.54) is 0 Å². The summed E-state index contributed by atoms with van der Waals surface area (Å²) >= 11 is 0. The van der Waals surface area contributed by atoms with Crippen LogP contribution in [0.25, 0.3) is 0 Å². The van der Waals surface area contributed by atoms with Gasteiger partial charge in [0.2, 0.25) is 0 Å². The minimum absolute atomic E-state index is 0.0623. The van der Waals surface area contributed by atoms with E-state index >= 15 is 0 Å². The molecule has 1 aromatic rings. The molecule has 0 aliphatic carbocycles. The largest absolute Gasteiger partial charge is 0.445 e. The van der Waals surface area contributed by atoms with Gasteiger partial charge < -0.3 is 15.2 Å². The van der Waals surface area contributed by atoms with Crippen LogP contribution in [0.2, 0.25) is 0 Å². The Morgan fingerprint density at radius 1 is 1.25 bits per heavy atom. The number of aliphatic hydroxyl groups is 1. The molecule has 2 N–H and O–H groups in total. The molecule has 1 rings (SSSR count). The highest BCUT2D eigenvalue weighted by Crippen LogP contribution is 2.21. The van der Waals surface area contributed by atoms with Gasteiger partial charge in [0, 0.05) is 12.1 Å². The summed E-state index contributed by atoms with van der Waals surface area (Å²) in [5.74, 6) is 0. The zero-order valence-corrected chi connectivity index (χ0v) is 12.4. The molecule has 112 valence electrons. The number of benzene rings is 1. The van der Waals surface area contributed by atoms with E-state index in [1.54, 1.807) is 0 Å². The Morgan fingerprint density at radius 3 is 2.50 bits per heavy atom. The molecule has 0 bridgehead atoms. The summed E-state index contributed by atoms with van der Waals surface area (Å²) in [6.07, 6.45) is 2.70. The fraction of sp³-hybridized carbons (Fsp3) is 0.562. The van der Waals surface area contributed by atoms with Gasteiger partial charge in [-0.1, -0.05) is 50.6 Å². The van der Waals surface area contributed by atoms with E-state index < -0.39 is 6.09 Å². The van der Waals surface area contributed by atoms with Crippen molar-refractivity contribution in [1.29, 1.82) is 0 Å².